The van der Waals surface area contributed by atoms with Crippen LogP contribution in [0.5, 0.6) is 0 Å². The number of rotatable bonds is 3. The van der Waals surface area contributed by atoms with E-state index in [9.17, 15) is 25.5 Å². The minimum absolute atomic E-state index is 0.133. The van der Waals surface area contributed by atoms with Crippen molar-refractivity contribution in [3.8, 4) is 0 Å². The molecular weight excluding hydrogens is 288 g/mol. The topological polar surface area (TPSA) is 138 Å². The SMILES string of the molecule is CO[C@@H]1C(O)[C@H](O[C@@H]2C(O)[C@@](C)(O)OC[C@H]2O)OC[C@H]1O. The van der Waals surface area contributed by atoms with Gasteiger partial charge in [0, 0.05) is 7.11 Å². The highest BCUT2D eigenvalue weighted by Gasteiger charge is 2.49. The number of hydrogen-bond acceptors (Lipinski definition) is 9. The van der Waals surface area contributed by atoms with Gasteiger partial charge in [0.1, 0.15) is 36.6 Å². The molecule has 21 heavy (non-hydrogen) atoms. The predicted octanol–water partition coefficient (Wildman–Crippen LogP) is -3.07. The van der Waals surface area contributed by atoms with E-state index in [1.165, 1.54) is 14.0 Å². The Labute approximate surface area is 121 Å². The van der Waals surface area contributed by atoms with Gasteiger partial charge in [-0.05, 0) is 6.92 Å². The lowest BCUT2D eigenvalue weighted by molar-refractivity contribution is -0.355. The summed E-state index contributed by atoms with van der Waals surface area (Å²) in [6.07, 6.45) is -8.43. The number of methoxy groups -OCH3 is 1. The quantitative estimate of drug-likeness (QED) is 0.367. The van der Waals surface area contributed by atoms with Gasteiger partial charge in [0.15, 0.2) is 12.1 Å². The zero-order chi connectivity index (χ0) is 15.8. The molecule has 0 aromatic carbocycles. The first-order valence-electron chi connectivity index (χ1n) is 6.66. The molecule has 0 saturated carbocycles. The van der Waals surface area contributed by atoms with Gasteiger partial charge in [-0.15, -0.1) is 0 Å². The van der Waals surface area contributed by atoms with E-state index >= 15 is 0 Å². The minimum atomic E-state index is -1.89. The molecule has 0 amide bonds. The standard InChI is InChI=1S/C12H22O9/c1-12(17)10(16)9(6(14)4-20-12)21-11-7(15)8(18-2)5(13)3-19-11/h5-11,13-17H,3-4H2,1-2H3/t5-,6-,7?,8+,9+,10?,11+,12+/m1/s1. The fourth-order valence-electron chi connectivity index (χ4n) is 2.46. The van der Waals surface area contributed by atoms with Crippen LogP contribution in [0.15, 0.2) is 0 Å². The smallest absolute Gasteiger partial charge is 0.191 e. The fraction of sp³-hybridized carbons (Fsp3) is 1.00. The van der Waals surface area contributed by atoms with Crippen LogP contribution in [-0.2, 0) is 18.9 Å². The van der Waals surface area contributed by atoms with E-state index < -0.39 is 48.7 Å². The third-order valence-corrected chi connectivity index (χ3v) is 3.77. The second kappa shape index (κ2) is 6.41. The van der Waals surface area contributed by atoms with Gasteiger partial charge in [-0.3, -0.25) is 0 Å². The molecule has 2 fully saturated rings. The average molecular weight is 310 g/mol. The molecule has 2 unspecified atom stereocenters. The van der Waals surface area contributed by atoms with Crippen LogP contribution in [0.3, 0.4) is 0 Å². The van der Waals surface area contributed by atoms with Crippen molar-refractivity contribution < 1.29 is 44.5 Å². The first-order chi connectivity index (χ1) is 9.77. The van der Waals surface area contributed by atoms with Gasteiger partial charge in [0.25, 0.3) is 0 Å². The third kappa shape index (κ3) is 3.36. The van der Waals surface area contributed by atoms with Crippen LogP contribution in [-0.4, -0.2) is 94.6 Å². The second-order valence-electron chi connectivity index (χ2n) is 5.44. The zero-order valence-electron chi connectivity index (χ0n) is 11.8. The highest BCUT2D eigenvalue weighted by Crippen LogP contribution is 2.28. The minimum Gasteiger partial charge on any atom is -0.388 e. The maximum atomic E-state index is 10.0. The average Bonchev–Trinajstić information content (AvgIpc) is 2.43. The van der Waals surface area contributed by atoms with Crippen molar-refractivity contribution in [1.29, 1.82) is 0 Å². The molecule has 0 spiro atoms. The molecule has 9 heteroatoms. The molecule has 5 N–H and O–H groups in total. The fourth-order valence-corrected chi connectivity index (χ4v) is 2.46. The summed E-state index contributed by atoms with van der Waals surface area (Å²) in [5, 5.41) is 49.3. The van der Waals surface area contributed by atoms with Crippen LogP contribution in [0.2, 0.25) is 0 Å². The number of hydrogen-bond donors (Lipinski definition) is 5. The van der Waals surface area contributed by atoms with Crippen LogP contribution in [0.25, 0.3) is 0 Å². The summed E-state index contributed by atoms with van der Waals surface area (Å²) in [6.45, 7) is 0.861. The Morgan fingerprint density at radius 3 is 2.29 bits per heavy atom. The summed E-state index contributed by atoms with van der Waals surface area (Å²) < 4.78 is 20.4. The van der Waals surface area contributed by atoms with Crippen molar-refractivity contribution in [2.45, 2.75) is 55.6 Å². The van der Waals surface area contributed by atoms with E-state index in [2.05, 4.69) is 0 Å². The Bertz CT molecular complexity index is 350. The first kappa shape index (κ1) is 17.0. The molecule has 0 aromatic rings. The molecule has 124 valence electrons. The Hall–Kier alpha value is -0.360. The zero-order valence-corrected chi connectivity index (χ0v) is 11.8. The maximum absolute atomic E-state index is 10.0. The van der Waals surface area contributed by atoms with Crippen LogP contribution in [0.4, 0.5) is 0 Å². The van der Waals surface area contributed by atoms with Crippen LogP contribution in [0.1, 0.15) is 6.92 Å². The van der Waals surface area contributed by atoms with Crippen molar-refractivity contribution >= 4 is 0 Å². The van der Waals surface area contributed by atoms with Gasteiger partial charge in [-0.1, -0.05) is 0 Å². The molecule has 2 rings (SSSR count). The van der Waals surface area contributed by atoms with E-state index in [-0.39, 0.29) is 13.2 Å². The lowest BCUT2D eigenvalue weighted by Crippen LogP contribution is -2.63. The van der Waals surface area contributed by atoms with E-state index in [0.717, 1.165) is 0 Å². The van der Waals surface area contributed by atoms with Gasteiger partial charge in [0.05, 0.1) is 13.2 Å². The van der Waals surface area contributed by atoms with Crippen molar-refractivity contribution in [1.82, 2.24) is 0 Å². The van der Waals surface area contributed by atoms with E-state index in [4.69, 9.17) is 18.9 Å². The Balaban J connectivity index is 2.05. The van der Waals surface area contributed by atoms with Crippen LogP contribution < -0.4 is 0 Å². The second-order valence-corrected chi connectivity index (χ2v) is 5.44. The monoisotopic (exact) mass is 310 g/mol. The van der Waals surface area contributed by atoms with Gasteiger partial charge in [-0.25, -0.2) is 0 Å². The summed E-state index contributed by atoms with van der Waals surface area (Å²) >= 11 is 0. The highest BCUT2D eigenvalue weighted by molar-refractivity contribution is 4.92. The van der Waals surface area contributed by atoms with Gasteiger partial charge in [-0.2, -0.15) is 0 Å². The summed E-state index contributed by atoms with van der Waals surface area (Å²) in [5.74, 6) is -1.89. The van der Waals surface area contributed by atoms with Crippen LogP contribution in [0, 0.1) is 0 Å². The molecule has 2 aliphatic heterocycles. The van der Waals surface area contributed by atoms with Crippen molar-refractivity contribution in [2.75, 3.05) is 20.3 Å². The molecule has 0 aliphatic carbocycles. The molecule has 0 aromatic heterocycles. The molecule has 0 bridgehead atoms. The van der Waals surface area contributed by atoms with Crippen molar-refractivity contribution in [3.63, 3.8) is 0 Å². The molecule has 2 aliphatic rings. The number of aliphatic hydroxyl groups is 5. The normalized spacial score (nSPS) is 51.9. The summed E-state index contributed by atoms with van der Waals surface area (Å²) in [7, 11) is 1.32. The third-order valence-electron chi connectivity index (χ3n) is 3.77. The molecule has 2 saturated heterocycles. The van der Waals surface area contributed by atoms with Crippen molar-refractivity contribution in [3.05, 3.63) is 0 Å². The Morgan fingerprint density at radius 2 is 1.67 bits per heavy atom. The van der Waals surface area contributed by atoms with Gasteiger partial charge < -0.3 is 44.5 Å². The maximum Gasteiger partial charge on any atom is 0.191 e. The first-order valence-corrected chi connectivity index (χ1v) is 6.66. The van der Waals surface area contributed by atoms with E-state index in [1.807, 2.05) is 0 Å². The molecule has 2 heterocycles. The number of ether oxygens (including phenoxy) is 4. The molecule has 0 radical (unpaired) electrons. The largest absolute Gasteiger partial charge is 0.388 e. The van der Waals surface area contributed by atoms with Crippen LogP contribution >= 0.6 is 0 Å². The number of aliphatic hydroxyl groups excluding tert-OH is 4. The predicted molar refractivity (Wildman–Crippen MR) is 66.0 cm³/mol. The summed E-state index contributed by atoms with van der Waals surface area (Å²) in [6, 6.07) is 0. The van der Waals surface area contributed by atoms with E-state index in [1.54, 1.807) is 0 Å². The lowest BCUT2D eigenvalue weighted by atomic mass is 9.97. The Kier molecular flexibility index (Phi) is 5.19. The molecule has 8 atom stereocenters. The lowest BCUT2D eigenvalue weighted by Gasteiger charge is -2.44. The van der Waals surface area contributed by atoms with Crippen molar-refractivity contribution in [2.24, 2.45) is 0 Å². The molecular formula is C12H22O9. The Morgan fingerprint density at radius 1 is 1.05 bits per heavy atom. The molecule has 9 nitrogen and oxygen atoms in total. The highest BCUT2D eigenvalue weighted by atomic mass is 16.7. The summed E-state index contributed by atoms with van der Waals surface area (Å²) in [5.41, 5.74) is 0. The van der Waals surface area contributed by atoms with Gasteiger partial charge >= 0.3 is 0 Å². The van der Waals surface area contributed by atoms with E-state index in [0.29, 0.717) is 0 Å². The van der Waals surface area contributed by atoms with Gasteiger partial charge in [0.2, 0.25) is 0 Å². The summed E-state index contributed by atoms with van der Waals surface area (Å²) in [4.78, 5) is 0.